The van der Waals surface area contributed by atoms with Crippen LogP contribution in [0.1, 0.15) is 10.5 Å². The van der Waals surface area contributed by atoms with E-state index < -0.39 is 6.04 Å². The minimum absolute atomic E-state index is 0.237. The van der Waals surface area contributed by atoms with Crippen molar-refractivity contribution in [2.24, 2.45) is 0 Å². The van der Waals surface area contributed by atoms with Gasteiger partial charge in [0, 0.05) is 25.1 Å². The lowest BCUT2D eigenvalue weighted by molar-refractivity contribution is 0.0129. The molecule has 1 amide bonds. The van der Waals surface area contributed by atoms with E-state index in [1.807, 2.05) is 0 Å². The first-order chi connectivity index (χ1) is 10.3. The Morgan fingerprint density at radius 3 is 3.14 bits per heavy atom. The fourth-order valence-corrected chi connectivity index (χ4v) is 2.20. The van der Waals surface area contributed by atoms with Crippen LogP contribution in [-0.4, -0.2) is 51.4 Å². The van der Waals surface area contributed by atoms with Gasteiger partial charge in [0.1, 0.15) is 11.7 Å². The van der Waals surface area contributed by atoms with Gasteiger partial charge in [-0.3, -0.25) is 9.78 Å². The van der Waals surface area contributed by atoms with Crippen molar-refractivity contribution in [3.8, 4) is 11.8 Å². The van der Waals surface area contributed by atoms with E-state index in [2.05, 4.69) is 16.2 Å². The first-order valence-corrected chi connectivity index (χ1v) is 6.54. The quantitative estimate of drug-likeness (QED) is 0.807. The largest absolute Gasteiger partial charge is 0.376 e. The minimum Gasteiger partial charge on any atom is -0.376 e. The van der Waals surface area contributed by atoms with Crippen molar-refractivity contribution >= 4 is 5.91 Å². The fourth-order valence-electron chi connectivity index (χ4n) is 2.20. The van der Waals surface area contributed by atoms with E-state index in [4.69, 9.17) is 10.00 Å². The molecule has 0 aromatic carbocycles. The second-order valence-corrected chi connectivity index (χ2v) is 4.57. The van der Waals surface area contributed by atoms with Crippen LogP contribution < -0.4 is 0 Å². The number of nitrogens with zero attached hydrogens (tertiary/aromatic N) is 5. The predicted molar refractivity (Wildman–Crippen MR) is 72.6 cm³/mol. The Labute approximate surface area is 121 Å². The number of pyridine rings is 1. The average molecular weight is 283 g/mol. The summed E-state index contributed by atoms with van der Waals surface area (Å²) in [5, 5.41) is 13.2. The van der Waals surface area contributed by atoms with E-state index in [0.29, 0.717) is 18.8 Å². The van der Waals surface area contributed by atoms with Crippen molar-refractivity contribution in [3.05, 3.63) is 42.5 Å². The van der Waals surface area contributed by atoms with Crippen molar-refractivity contribution in [2.45, 2.75) is 6.04 Å². The molecule has 0 aliphatic carbocycles. The highest BCUT2D eigenvalue weighted by Crippen LogP contribution is 2.13. The van der Waals surface area contributed by atoms with Gasteiger partial charge in [-0.15, -0.1) is 0 Å². The van der Waals surface area contributed by atoms with E-state index in [0.717, 1.165) is 5.69 Å². The van der Waals surface area contributed by atoms with Crippen molar-refractivity contribution in [2.75, 3.05) is 19.8 Å². The number of carbonyl (C=O) groups is 1. The molecule has 1 saturated heterocycles. The van der Waals surface area contributed by atoms with Gasteiger partial charge in [-0.05, 0) is 18.2 Å². The molecule has 21 heavy (non-hydrogen) atoms. The van der Waals surface area contributed by atoms with Gasteiger partial charge in [0.2, 0.25) is 0 Å². The summed E-state index contributed by atoms with van der Waals surface area (Å²) in [6, 6.07) is 6.75. The van der Waals surface area contributed by atoms with Gasteiger partial charge in [-0.2, -0.15) is 10.4 Å². The van der Waals surface area contributed by atoms with Crippen LogP contribution in [0.25, 0.3) is 5.69 Å². The summed E-state index contributed by atoms with van der Waals surface area (Å²) in [5.74, 6) is -0.265. The SMILES string of the molecule is N#C[C@@H]1COCCN1C(=O)c1cc(-n2cccn2)ccn1. The summed E-state index contributed by atoms with van der Waals surface area (Å²) in [7, 11) is 0. The smallest absolute Gasteiger partial charge is 0.273 e. The van der Waals surface area contributed by atoms with Gasteiger partial charge < -0.3 is 9.64 Å². The Morgan fingerprint density at radius 2 is 2.38 bits per heavy atom. The number of nitriles is 1. The number of hydrogen-bond donors (Lipinski definition) is 0. The molecule has 0 N–H and O–H groups in total. The Kier molecular flexibility index (Phi) is 3.62. The number of hydrogen-bond acceptors (Lipinski definition) is 5. The Morgan fingerprint density at radius 1 is 1.48 bits per heavy atom. The Hall–Kier alpha value is -2.72. The van der Waals surface area contributed by atoms with Crippen LogP contribution in [0, 0.1) is 11.3 Å². The van der Waals surface area contributed by atoms with Gasteiger partial charge in [-0.1, -0.05) is 0 Å². The highest BCUT2D eigenvalue weighted by atomic mass is 16.5. The summed E-state index contributed by atoms with van der Waals surface area (Å²) in [6.45, 7) is 1.06. The van der Waals surface area contributed by atoms with Crippen molar-refractivity contribution in [1.29, 1.82) is 5.26 Å². The molecule has 7 heteroatoms. The lowest BCUT2D eigenvalue weighted by atomic mass is 10.2. The molecule has 3 rings (SSSR count). The lowest BCUT2D eigenvalue weighted by Gasteiger charge is -2.31. The molecule has 1 aliphatic heterocycles. The molecule has 1 atom stereocenters. The molecule has 1 fully saturated rings. The third kappa shape index (κ3) is 2.61. The second-order valence-electron chi connectivity index (χ2n) is 4.57. The molecular weight excluding hydrogens is 270 g/mol. The van der Waals surface area contributed by atoms with E-state index in [1.165, 1.54) is 4.90 Å². The molecule has 106 valence electrons. The predicted octanol–water partition coefficient (Wildman–Crippen LogP) is 0.632. The molecule has 3 heterocycles. The highest BCUT2D eigenvalue weighted by molar-refractivity contribution is 5.93. The number of aromatic nitrogens is 3. The van der Waals surface area contributed by atoms with Crippen LogP contribution in [0.5, 0.6) is 0 Å². The normalized spacial score (nSPS) is 18.2. The van der Waals surface area contributed by atoms with Crippen LogP contribution in [0.3, 0.4) is 0 Å². The summed E-state index contributed by atoms with van der Waals surface area (Å²) < 4.78 is 6.87. The monoisotopic (exact) mass is 283 g/mol. The van der Waals surface area contributed by atoms with E-state index in [-0.39, 0.29) is 12.5 Å². The topological polar surface area (TPSA) is 84.0 Å². The lowest BCUT2D eigenvalue weighted by Crippen LogP contribution is -2.48. The maximum absolute atomic E-state index is 12.5. The zero-order valence-electron chi connectivity index (χ0n) is 11.2. The molecule has 2 aromatic heterocycles. The van der Waals surface area contributed by atoms with Crippen LogP contribution in [-0.2, 0) is 4.74 Å². The van der Waals surface area contributed by atoms with E-state index >= 15 is 0 Å². The third-order valence-electron chi connectivity index (χ3n) is 3.27. The second kappa shape index (κ2) is 5.73. The molecule has 1 aliphatic rings. The Bertz CT molecular complexity index is 677. The van der Waals surface area contributed by atoms with Crippen molar-refractivity contribution in [3.63, 3.8) is 0 Å². The van der Waals surface area contributed by atoms with Crippen molar-refractivity contribution < 1.29 is 9.53 Å². The highest BCUT2D eigenvalue weighted by Gasteiger charge is 2.28. The van der Waals surface area contributed by atoms with Gasteiger partial charge >= 0.3 is 0 Å². The standard InChI is InChI=1S/C14H13N5O2/c15-9-12-10-21-7-6-18(12)14(20)13-8-11(2-4-16-13)19-5-1-3-17-19/h1-5,8,12H,6-7,10H2/t12-/m1/s1. The molecule has 7 nitrogen and oxygen atoms in total. The first-order valence-electron chi connectivity index (χ1n) is 6.54. The zero-order chi connectivity index (χ0) is 14.7. The molecule has 0 unspecified atom stereocenters. The summed E-state index contributed by atoms with van der Waals surface area (Å²) in [5.41, 5.74) is 1.05. The molecule has 2 aromatic rings. The van der Waals surface area contributed by atoms with Crippen LogP contribution >= 0.6 is 0 Å². The first kappa shape index (κ1) is 13.3. The minimum atomic E-state index is -0.568. The summed E-state index contributed by atoms with van der Waals surface area (Å²) in [6.07, 6.45) is 5.01. The average Bonchev–Trinajstić information content (AvgIpc) is 3.09. The van der Waals surface area contributed by atoms with E-state index in [1.54, 1.807) is 41.5 Å². The number of morpholine rings is 1. The summed E-state index contributed by atoms with van der Waals surface area (Å²) in [4.78, 5) is 18.1. The van der Waals surface area contributed by atoms with Gasteiger partial charge in [0.25, 0.3) is 5.91 Å². The van der Waals surface area contributed by atoms with Crippen LogP contribution in [0.4, 0.5) is 0 Å². The van der Waals surface area contributed by atoms with E-state index in [9.17, 15) is 4.79 Å². The number of rotatable bonds is 2. The third-order valence-corrected chi connectivity index (χ3v) is 3.27. The van der Waals surface area contributed by atoms with Gasteiger partial charge in [0.15, 0.2) is 0 Å². The molecule has 0 bridgehead atoms. The van der Waals surface area contributed by atoms with Crippen LogP contribution in [0.15, 0.2) is 36.8 Å². The van der Waals surface area contributed by atoms with Crippen LogP contribution in [0.2, 0.25) is 0 Å². The zero-order valence-corrected chi connectivity index (χ0v) is 11.2. The number of ether oxygens (including phenoxy) is 1. The van der Waals surface area contributed by atoms with Gasteiger partial charge in [-0.25, -0.2) is 4.68 Å². The molecular formula is C14H13N5O2. The summed E-state index contributed by atoms with van der Waals surface area (Å²) >= 11 is 0. The number of amides is 1. The Balaban J connectivity index is 1.88. The van der Waals surface area contributed by atoms with Crippen molar-refractivity contribution in [1.82, 2.24) is 19.7 Å². The van der Waals surface area contributed by atoms with Gasteiger partial charge in [0.05, 0.1) is 25.0 Å². The molecule has 0 spiro atoms. The maximum atomic E-state index is 12.5. The fraction of sp³-hybridized carbons (Fsp3) is 0.286. The molecule has 0 radical (unpaired) electrons. The number of carbonyl (C=O) groups excluding carboxylic acids is 1. The molecule has 0 saturated carbocycles. The maximum Gasteiger partial charge on any atom is 0.273 e.